The van der Waals surface area contributed by atoms with Gasteiger partial charge < -0.3 is 5.32 Å². The Morgan fingerprint density at radius 3 is 2.44 bits per heavy atom. The number of hydrogen-bond donors (Lipinski definition) is 2. The van der Waals surface area contributed by atoms with E-state index in [1.54, 1.807) is 7.05 Å². The molecule has 0 unspecified atom stereocenters. The fraction of sp³-hybridized carbons (Fsp3) is 0.417. The predicted octanol–water partition coefficient (Wildman–Crippen LogP) is 2.86. The van der Waals surface area contributed by atoms with E-state index in [0.717, 1.165) is 23.2 Å². The van der Waals surface area contributed by atoms with Crippen LogP contribution in [0.15, 0.2) is 12.1 Å². The van der Waals surface area contributed by atoms with E-state index in [0.29, 0.717) is 0 Å². The minimum absolute atomic E-state index is 0.221. The zero-order valence-corrected chi connectivity index (χ0v) is 11.1. The van der Waals surface area contributed by atoms with E-state index < -0.39 is 0 Å². The maximum Gasteiger partial charge on any atom is 0.331 e. The molecule has 0 bridgehead atoms. The number of thiol groups is 1. The number of nitrogens with zero attached hydrogens (tertiary/aromatic N) is 1. The number of amides is 2. The van der Waals surface area contributed by atoms with E-state index in [4.69, 9.17) is 0 Å². The van der Waals surface area contributed by atoms with Gasteiger partial charge in [0.25, 0.3) is 0 Å². The summed E-state index contributed by atoms with van der Waals surface area (Å²) in [4.78, 5) is 11.5. The molecule has 0 aliphatic carbocycles. The van der Waals surface area contributed by atoms with Gasteiger partial charge in [-0.15, -0.1) is 0 Å². The Morgan fingerprint density at radius 2 is 1.94 bits per heavy atom. The van der Waals surface area contributed by atoms with Crippen molar-refractivity contribution in [2.45, 2.75) is 27.2 Å². The van der Waals surface area contributed by atoms with Gasteiger partial charge in [-0.2, -0.15) is 0 Å². The third kappa shape index (κ3) is 2.50. The average molecular weight is 238 g/mol. The molecule has 1 N–H and O–H groups in total. The van der Waals surface area contributed by atoms with Gasteiger partial charge in [-0.3, -0.25) is 0 Å². The molecule has 0 aliphatic rings. The van der Waals surface area contributed by atoms with Crippen LogP contribution in [0.25, 0.3) is 0 Å². The van der Waals surface area contributed by atoms with Crippen molar-refractivity contribution in [3.63, 3.8) is 0 Å². The highest BCUT2D eigenvalue weighted by molar-refractivity contribution is 7.82. The maximum absolute atomic E-state index is 11.5. The van der Waals surface area contributed by atoms with E-state index >= 15 is 0 Å². The Balaban J connectivity index is 3.21. The minimum Gasteiger partial charge on any atom is -0.340 e. The Hall–Kier alpha value is -1.16. The molecule has 0 aromatic heterocycles. The van der Waals surface area contributed by atoms with Gasteiger partial charge in [-0.25, -0.2) is 9.10 Å². The van der Waals surface area contributed by atoms with E-state index in [1.165, 1.54) is 9.87 Å². The molecule has 0 saturated heterocycles. The molecule has 0 atom stereocenters. The Kier molecular flexibility index (Phi) is 4.24. The van der Waals surface area contributed by atoms with Crippen molar-refractivity contribution in [2.75, 3.05) is 11.4 Å². The van der Waals surface area contributed by atoms with E-state index in [-0.39, 0.29) is 6.03 Å². The summed E-state index contributed by atoms with van der Waals surface area (Å²) in [5.41, 5.74) is 4.38. The van der Waals surface area contributed by atoms with E-state index in [1.807, 2.05) is 13.0 Å². The summed E-state index contributed by atoms with van der Waals surface area (Å²) in [6, 6.07) is 3.88. The molecule has 1 rings (SSSR count). The maximum atomic E-state index is 11.5. The number of carbonyl (C=O) groups excluding carboxylic acids is 1. The molecule has 0 heterocycles. The highest BCUT2D eigenvalue weighted by Crippen LogP contribution is 2.26. The van der Waals surface area contributed by atoms with Gasteiger partial charge in [0.15, 0.2) is 0 Å². The molecule has 0 aliphatic heterocycles. The van der Waals surface area contributed by atoms with Crippen LogP contribution in [-0.4, -0.2) is 13.1 Å². The molecular formula is C12H18N2OS. The molecule has 1 aromatic rings. The first kappa shape index (κ1) is 12.9. The van der Waals surface area contributed by atoms with Gasteiger partial charge in [0.05, 0.1) is 5.69 Å². The van der Waals surface area contributed by atoms with Crippen molar-refractivity contribution < 1.29 is 4.79 Å². The van der Waals surface area contributed by atoms with Crippen LogP contribution in [0.4, 0.5) is 10.5 Å². The van der Waals surface area contributed by atoms with Crippen molar-refractivity contribution in [3.8, 4) is 0 Å². The molecule has 3 nitrogen and oxygen atoms in total. The zero-order chi connectivity index (χ0) is 12.3. The van der Waals surface area contributed by atoms with Crippen LogP contribution in [0.5, 0.6) is 0 Å². The average Bonchev–Trinajstić information content (AvgIpc) is 2.30. The monoisotopic (exact) mass is 238 g/mol. The lowest BCUT2D eigenvalue weighted by molar-refractivity contribution is 0.252. The van der Waals surface area contributed by atoms with E-state index in [2.05, 4.69) is 38.0 Å². The molecule has 4 heteroatoms. The molecule has 0 spiro atoms. The first-order valence-corrected chi connectivity index (χ1v) is 5.72. The second kappa shape index (κ2) is 5.25. The lowest BCUT2D eigenvalue weighted by atomic mass is 10.0. The van der Waals surface area contributed by atoms with Crippen molar-refractivity contribution >= 4 is 24.5 Å². The van der Waals surface area contributed by atoms with Crippen LogP contribution >= 0.6 is 12.8 Å². The standard InChI is InChI=1S/C12H18N2OS/c1-5-10-6-8(2)9(3)7-11(10)14(16)12(15)13-4/h6-7,16H,5H2,1-4H3,(H,13,15). The Morgan fingerprint density at radius 1 is 1.38 bits per heavy atom. The van der Waals surface area contributed by atoms with Gasteiger partial charge in [0.2, 0.25) is 0 Å². The number of rotatable bonds is 2. The van der Waals surface area contributed by atoms with E-state index in [9.17, 15) is 4.79 Å². The molecule has 0 radical (unpaired) electrons. The fourth-order valence-corrected chi connectivity index (χ4v) is 1.84. The SMILES string of the molecule is CCc1cc(C)c(C)cc1N(S)C(=O)NC. The number of hydrogen-bond acceptors (Lipinski definition) is 2. The predicted molar refractivity (Wildman–Crippen MR) is 71.2 cm³/mol. The second-order valence-corrected chi connectivity index (χ2v) is 4.19. The van der Waals surface area contributed by atoms with Crippen LogP contribution < -0.4 is 9.62 Å². The Bertz CT molecular complexity index is 404. The van der Waals surface area contributed by atoms with Gasteiger partial charge >= 0.3 is 6.03 Å². The third-order valence-corrected chi connectivity index (χ3v) is 3.11. The smallest absolute Gasteiger partial charge is 0.331 e. The molecule has 1 aromatic carbocycles. The molecular weight excluding hydrogens is 220 g/mol. The normalized spacial score (nSPS) is 10.1. The summed E-state index contributed by atoms with van der Waals surface area (Å²) in [6.07, 6.45) is 0.879. The highest BCUT2D eigenvalue weighted by Gasteiger charge is 2.14. The number of urea groups is 1. The van der Waals surface area contributed by atoms with Crippen LogP contribution in [0.3, 0.4) is 0 Å². The number of nitrogens with one attached hydrogen (secondary N) is 1. The van der Waals surface area contributed by atoms with Crippen molar-refractivity contribution in [3.05, 3.63) is 28.8 Å². The second-order valence-electron chi connectivity index (χ2n) is 3.79. The first-order chi connectivity index (χ1) is 7.51. The fourth-order valence-electron chi connectivity index (χ4n) is 1.56. The number of benzene rings is 1. The van der Waals surface area contributed by atoms with Crippen LogP contribution in [-0.2, 0) is 6.42 Å². The van der Waals surface area contributed by atoms with Gasteiger partial charge in [-0.1, -0.05) is 25.8 Å². The molecule has 88 valence electrons. The van der Waals surface area contributed by atoms with Crippen molar-refractivity contribution in [1.82, 2.24) is 5.32 Å². The minimum atomic E-state index is -0.221. The van der Waals surface area contributed by atoms with Gasteiger partial charge in [0.1, 0.15) is 0 Å². The van der Waals surface area contributed by atoms with Crippen molar-refractivity contribution in [2.24, 2.45) is 0 Å². The largest absolute Gasteiger partial charge is 0.340 e. The van der Waals surface area contributed by atoms with Crippen molar-refractivity contribution in [1.29, 1.82) is 0 Å². The summed E-state index contributed by atoms with van der Waals surface area (Å²) in [5.74, 6) is 0. The van der Waals surface area contributed by atoms with Crippen LogP contribution in [0.2, 0.25) is 0 Å². The summed E-state index contributed by atoms with van der Waals surface area (Å²) >= 11 is 4.22. The number of carbonyl (C=O) groups is 1. The summed E-state index contributed by atoms with van der Waals surface area (Å²) in [7, 11) is 1.60. The van der Waals surface area contributed by atoms with Crippen LogP contribution in [0, 0.1) is 13.8 Å². The summed E-state index contributed by atoms with van der Waals surface area (Å²) < 4.78 is 1.35. The van der Waals surface area contributed by atoms with Gasteiger partial charge in [-0.05, 0) is 43.0 Å². The lowest BCUT2D eigenvalue weighted by Gasteiger charge is -2.20. The lowest BCUT2D eigenvalue weighted by Crippen LogP contribution is -2.31. The molecule has 2 amide bonds. The summed E-state index contributed by atoms with van der Waals surface area (Å²) in [5, 5.41) is 2.56. The zero-order valence-electron chi connectivity index (χ0n) is 10.2. The number of aryl methyl sites for hydroxylation is 3. The highest BCUT2D eigenvalue weighted by atomic mass is 32.1. The first-order valence-electron chi connectivity index (χ1n) is 5.32. The molecule has 16 heavy (non-hydrogen) atoms. The molecule has 0 saturated carbocycles. The molecule has 0 fully saturated rings. The third-order valence-electron chi connectivity index (χ3n) is 2.71. The van der Waals surface area contributed by atoms with Crippen LogP contribution in [0.1, 0.15) is 23.6 Å². The summed E-state index contributed by atoms with van der Waals surface area (Å²) in [6.45, 7) is 6.17. The number of anilines is 1. The Labute approximate surface area is 102 Å². The topological polar surface area (TPSA) is 32.3 Å². The quantitative estimate of drug-likeness (QED) is 0.763. The van der Waals surface area contributed by atoms with Gasteiger partial charge in [0, 0.05) is 7.05 Å².